The number of nitrogens with zero attached hydrogens (tertiary/aromatic N) is 2. The lowest BCUT2D eigenvalue weighted by molar-refractivity contribution is -0.142. The van der Waals surface area contributed by atoms with E-state index in [0.717, 1.165) is 33.5 Å². The Kier molecular flexibility index (Phi) is 9.23. The average Bonchev–Trinajstić information content (AvgIpc) is 2.86. The van der Waals surface area contributed by atoms with Gasteiger partial charge in [0.15, 0.2) is 0 Å². The lowest BCUT2D eigenvalue weighted by Crippen LogP contribution is -2.39. The molecule has 2 amide bonds. The van der Waals surface area contributed by atoms with Crippen LogP contribution in [0.1, 0.15) is 36.2 Å². The predicted octanol–water partition coefficient (Wildman–Crippen LogP) is 4.90. The number of benzene rings is 2. The van der Waals surface area contributed by atoms with E-state index in [0.29, 0.717) is 32.0 Å². The lowest BCUT2D eigenvalue weighted by atomic mass is 9.94. The van der Waals surface area contributed by atoms with Gasteiger partial charge in [0.2, 0.25) is 0 Å². The van der Waals surface area contributed by atoms with Gasteiger partial charge < -0.3 is 19.7 Å². The van der Waals surface area contributed by atoms with Crippen molar-refractivity contribution >= 4 is 12.0 Å². The highest BCUT2D eigenvalue weighted by Gasteiger charge is 2.18. The van der Waals surface area contributed by atoms with E-state index in [-0.39, 0.29) is 18.4 Å². The van der Waals surface area contributed by atoms with Crippen molar-refractivity contribution in [2.45, 2.75) is 40.3 Å². The van der Waals surface area contributed by atoms with Gasteiger partial charge in [-0.05, 0) is 61.7 Å². The highest BCUT2D eigenvalue weighted by molar-refractivity contribution is 5.79. The van der Waals surface area contributed by atoms with E-state index in [1.807, 2.05) is 62.4 Å². The molecule has 0 aliphatic heterocycles. The molecule has 0 aliphatic rings. The zero-order chi connectivity index (χ0) is 25.2. The first kappa shape index (κ1) is 25.7. The number of aromatic nitrogens is 1. The second kappa shape index (κ2) is 12.6. The Morgan fingerprint density at radius 2 is 1.86 bits per heavy atom. The molecule has 3 aromatic rings. The number of urea groups is 1. The summed E-state index contributed by atoms with van der Waals surface area (Å²) in [5.74, 6) is 0.430. The van der Waals surface area contributed by atoms with E-state index in [2.05, 4.69) is 16.4 Å². The SMILES string of the molecule is CCOC(=O)Cc1ccc(OC)c(-c2ccc(C)cc2CN(CC)C(=O)NCc2ccccn2)c1. The molecule has 0 unspecified atom stereocenters. The Balaban J connectivity index is 1.87. The van der Waals surface area contributed by atoms with Crippen molar-refractivity contribution in [2.75, 3.05) is 20.3 Å². The fraction of sp³-hybridized carbons (Fsp3) is 0.321. The number of rotatable bonds is 10. The molecule has 0 aliphatic carbocycles. The maximum Gasteiger partial charge on any atom is 0.318 e. The van der Waals surface area contributed by atoms with Crippen LogP contribution in [-0.2, 0) is 29.0 Å². The van der Waals surface area contributed by atoms with Crippen molar-refractivity contribution in [3.8, 4) is 16.9 Å². The number of aryl methyl sites for hydroxylation is 1. The molecule has 184 valence electrons. The average molecular weight is 476 g/mol. The summed E-state index contributed by atoms with van der Waals surface area (Å²) in [5.41, 5.74) is 5.55. The number of esters is 1. The Labute approximate surface area is 207 Å². The minimum Gasteiger partial charge on any atom is -0.496 e. The van der Waals surface area contributed by atoms with Gasteiger partial charge in [0.1, 0.15) is 5.75 Å². The van der Waals surface area contributed by atoms with Gasteiger partial charge in [-0.3, -0.25) is 9.78 Å². The van der Waals surface area contributed by atoms with Crippen LogP contribution < -0.4 is 10.1 Å². The quantitative estimate of drug-likeness (QED) is 0.422. The van der Waals surface area contributed by atoms with E-state index < -0.39 is 0 Å². The van der Waals surface area contributed by atoms with E-state index >= 15 is 0 Å². The number of carbonyl (C=O) groups is 2. The van der Waals surface area contributed by atoms with Gasteiger partial charge in [0.05, 0.1) is 32.4 Å². The number of nitrogens with one attached hydrogen (secondary N) is 1. The minimum absolute atomic E-state index is 0.159. The third-order valence-electron chi connectivity index (χ3n) is 5.65. The summed E-state index contributed by atoms with van der Waals surface area (Å²) >= 11 is 0. The van der Waals surface area contributed by atoms with Crippen LogP contribution in [0, 0.1) is 6.92 Å². The molecule has 1 N–H and O–H groups in total. The van der Waals surface area contributed by atoms with E-state index in [4.69, 9.17) is 9.47 Å². The molecule has 35 heavy (non-hydrogen) atoms. The van der Waals surface area contributed by atoms with Crippen molar-refractivity contribution in [3.63, 3.8) is 0 Å². The standard InChI is InChI=1S/C28H33N3O4/c1-5-31(28(33)30-18-23-9-7-8-14-29-23)19-22-15-20(3)10-12-24(22)25-16-21(11-13-26(25)34-4)17-27(32)35-6-2/h7-16H,5-6,17-19H2,1-4H3,(H,30,33). The summed E-state index contributed by atoms with van der Waals surface area (Å²) < 4.78 is 10.8. The molecule has 0 fully saturated rings. The summed E-state index contributed by atoms with van der Waals surface area (Å²) in [6, 6.07) is 17.3. The monoisotopic (exact) mass is 475 g/mol. The number of pyridine rings is 1. The summed E-state index contributed by atoms with van der Waals surface area (Å²) in [4.78, 5) is 31.0. The van der Waals surface area contributed by atoms with Crippen molar-refractivity contribution in [2.24, 2.45) is 0 Å². The zero-order valence-corrected chi connectivity index (χ0v) is 20.8. The first-order valence-electron chi connectivity index (χ1n) is 11.8. The van der Waals surface area contributed by atoms with Crippen LogP contribution in [0.25, 0.3) is 11.1 Å². The predicted molar refractivity (Wildman–Crippen MR) is 136 cm³/mol. The van der Waals surface area contributed by atoms with E-state index in [9.17, 15) is 9.59 Å². The molecule has 7 nitrogen and oxygen atoms in total. The van der Waals surface area contributed by atoms with Crippen LogP contribution in [0.4, 0.5) is 4.79 Å². The fourth-order valence-corrected chi connectivity index (χ4v) is 3.88. The summed E-state index contributed by atoms with van der Waals surface area (Å²) in [6.07, 6.45) is 1.89. The second-order valence-corrected chi connectivity index (χ2v) is 8.17. The van der Waals surface area contributed by atoms with E-state index in [1.165, 1.54) is 0 Å². The van der Waals surface area contributed by atoms with Crippen LogP contribution in [0.5, 0.6) is 5.75 Å². The van der Waals surface area contributed by atoms with Crippen molar-refractivity contribution in [1.82, 2.24) is 15.2 Å². The molecule has 1 aromatic heterocycles. The Morgan fingerprint density at radius 3 is 2.54 bits per heavy atom. The zero-order valence-electron chi connectivity index (χ0n) is 20.8. The molecule has 1 heterocycles. The highest BCUT2D eigenvalue weighted by Crippen LogP contribution is 2.34. The van der Waals surface area contributed by atoms with Crippen LogP contribution in [0.3, 0.4) is 0 Å². The Morgan fingerprint density at radius 1 is 1.03 bits per heavy atom. The summed E-state index contributed by atoms with van der Waals surface area (Å²) in [7, 11) is 1.63. The number of carbonyl (C=O) groups excluding carboxylic acids is 2. The van der Waals surface area contributed by atoms with Gasteiger partial charge in [0, 0.05) is 24.8 Å². The van der Waals surface area contributed by atoms with Gasteiger partial charge in [-0.25, -0.2) is 4.79 Å². The van der Waals surface area contributed by atoms with Gasteiger partial charge >= 0.3 is 12.0 Å². The second-order valence-electron chi connectivity index (χ2n) is 8.17. The maximum absolute atomic E-state index is 13.0. The molecule has 0 saturated heterocycles. The largest absolute Gasteiger partial charge is 0.496 e. The molecule has 0 bridgehead atoms. The topological polar surface area (TPSA) is 80.8 Å². The van der Waals surface area contributed by atoms with Crippen LogP contribution in [0.15, 0.2) is 60.8 Å². The maximum atomic E-state index is 13.0. The fourth-order valence-electron chi connectivity index (χ4n) is 3.88. The number of methoxy groups -OCH3 is 1. The third kappa shape index (κ3) is 7.06. The molecule has 0 saturated carbocycles. The molecule has 3 rings (SSSR count). The molecular weight excluding hydrogens is 442 g/mol. The molecule has 2 aromatic carbocycles. The third-order valence-corrected chi connectivity index (χ3v) is 5.65. The molecule has 0 radical (unpaired) electrons. The van der Waals surface area contributed by atoms with Crippen LogP contribution in [0.2, 0.25) is 0 Å². The molecule has 7 heteroatoms. The van der Waals surface area contributed by atoms with Gasteiger partial charge in [-0.2, -0.15) is 0 Å². The van der Waals surface area contributed by atoms with Gasteiger partial charge in [-0.15, -0.1) is 0 Å². The molecule has 0 spiro atoms. The van der Waals surface area contributed by atoms with Gasteiger partial charge in [-0.1, -0.05) is 35.9 Å². The molecule has 0 atom stereocenters. The number of hydrogen-bond donors (Lipinski definition) is 1. The van der Waals surface area contributed by atoms with Crippen molar-refractivity contribution in [3.05, 3.63) is 83.2 Å². The summed E-state index contributed by atoms with van der Waals surface area (Å²) in [5, 5.41) is 2.96. The minimum atomic E-state index is -0.269. The van der Waals surface area contributed by atoms with Crippen molar-refractivity contribution < 1.29 is 19.1 Å². The normalized spacial score (nSPS) is 10.5. The highest BCUT2D eigenvalue weighted by atomic mass is 16.5. The number of hydrogen-bond acceptors (Lipinski definition) is 5. The van der Waals surface area contributed by atoms with Crippen molar-refractivity contribution in [1.29, 1.82) is 0 Å². The Bertz CT molecular complexity index is 1150. The Hall–Kier alpha value is -3.87. The van der Waals surface area contributed by atoms with E-state index in [1.54, 1.807) is 25.1 Å². The first-order valence-corrected chi connectivity index (χ1v) is 11.8. The molecular formula is C28H33N3O4. The van der Waals surface area contributed by atoms with Crippen LogP contribution in [-0.4, -0.2) is 42.1 Å². The smallest absolute Gasteiger partial charge is 0.318 e. The number of ether oxygens (including phenoxy) is 2. The summed E-state index contributed by atoms with van der Waals surface area (Å²) in [6.45, 7) is 7.45. The first-order chi connectivity index (χ1) is 16.9. The van der Waals surface area contributed by atoms with Gasteiger partial charge in [0.25, 0.3) is 0 Å². The van der Waals surface area contributed by atoms with Crippen LogP contribution >= 0.6 is 0 Å². The number of amides is 2. The lowest BCUT2D eigenvalue weighted by Gasteiger charge is -2.24.